The van der Waals surface area contributed by atoms with Gasteiger partial charge in [-0.15, -0.1) is 11.3 Å². The van der Waals surface area contributed by atoms with Crippen LogP contribution in [-0.4, -0.2) is 19.9 Å². The Bertz CT molecular complexity index is 553. The third-order valence-electron chi connectivity index (χ3n) is 3.20. The number of hydrogen-bond acceptors (Lipinski definition) is 4. The van der Waals surface area contributed by atoms with Crippen molar-refractivity contribution in [3.63, 3.8) is 0 Å². The Hall–Kier alpha value is -1.20. The van der Waals surface area contributed by atoms with E-state index in [-0.39, 0.29) is 5.41 Å². The fourth-order valence-corrected chi connectivity index (χ4v) is 3.10. The van der Waals surface area contributed by atoms with Crippen molar-refractivity contribution in [1.82, 2.24) is 14.8 Å². The van der Waals surface area contributed by atoms with Gasteiger partial charge in [0.05, 0.1) is 6.10 Å². The molecule has 0 amide bonds. The molecule has 2 aromatic heterocycles. The van der Waals surface area contributed by atoms with E-state index in [4.69, 9.17) is 0 Å². The van der Waals surface area contributed by atoms with Crippen molar-refractivity contribution in [2.24, 2.45) is 0 Å². The lowest BCUT2D eigenvalue weighted by atomic mass is 9.95. The van der Waals surface area contributed by atoms with Crippen LogP contribution in [0.2, 0.25) is 0 Å². The lowest BCUT2D eigenvalue weighted by Gasteiger charge is -2.15. The van der Waals surface area contributed by atoms with Crippen molar-refractivity contribution >= 4 is 11.3 Å². The maximum atomic E-state index is 10.4. The van der Waals surface area contributed by atoms with Gasteiger partial charge in [-0.3, -0.25) is 4.68 Å². The summed E-state index contributed by atoms with van der Waals surface area (Å²) in [5.41, 5.74) is 0.130. The van der Waals surface area contributed by atoms with Crippen LogP contribution in [-0.2, 0) is 18.4 Å². The molecule has 1 unspecified atom stereocenters. The minimum absolute atomic E-state index is 0.130. The van der Waals surface area contributed by atoms with E-state index in [0.29, 0.717) is 6.42 Å². The maximum Gasteiger partial charge on any atom is 0.138 e. The van der Waals surface area contributed by atoms with Gasteiger partial charge in [-0.25, -0.2) is 4.98 Å². The Morgan fingerprint density at radius 2 is 2.10 bits per heavy atom. The van der Waals surface area contributed by atoms with Crippen molar-refractivity contribution < 1.29 is 5.11 Å². The van der Waals surface area contributed by atoms with Gasteiger partial charge in [0.25, 0.3) is 0 Å². The first-order chi connectivity index (χ1) is 9.41. The average molecular weight is 293 g/mol. The van der Waals surface area contributed by atoms with Crippen LogP contribution in [0.1, 0.15) is 55.8 Å². The van der Waals surface area contributed by atoms with Crippen LogP contribution in [0.4, 0.5) is 0 Å². The van der Waals surface area contributed by atoms with Crippen LogP contribution >= 0.6 is 11.3 Å². The van der Waals surface area contributed by atoms with E-state index >= 15 is 0 Å². The molecule has 0 spiro atoms. The molecule has 0 aliphatic carbocycles. The Morgan fingerprint density at radius 1 is 1.35 bits per heavy atom. The van der Waals surface area contributed by atoms with E-state index in [1.807, 2.05) is 10.7 Å². The van der Waals surface area contributed by atoms with Gasteiger partial charge < -0.3 is 5.11 Å². The van der Waals surface area contributed by atoms with Crippen molar-refractivity contribution in [2.45, 2.75) is 58.6 Å². The first-order valence-electron chi connectivity index (χ1n) is 7.06. The zero-order valence-corrected chi connectivity index (χ0v) is 13.4. The average Bonchev–Trinajstić information content (AvgIpc) is 2.98. The molecular formula is C15H23N3OS. The second-order valence-corrected chi connectivity index (χ2v) is 7.19. The topological polar surface area (TPSA) is 50.9 Å². The summed E-state index contributed by atoms with van der Waals surface area (Å²) < 4.78 is 1.88. The molecule has 0 aliphatic rings. The van der Waals surface area contributed by atoms with Crippen LogP contribution < -0.4 is 0 Å². The molecule has 0 saturated carbocycles. The summed E-state index contributed by atoms with van der Waals surface area (Å²) in [6, 6.07) is 4.14. The highest BCUT2D eigenvalue weighted by atomic mass is 32.1. The number of rotatable bonds is 5. The van der Waals surface area contributed by atoms with Crippen LogP contribution in [0.3, 0.4) is 0 Å². The molecule has 2 rings (SSSR count). The monoisotopic (exact) mass is 293 g/mol. The zero-order valence-electron chi connectivity index (χ0n) is 12.6. The largest absolute Gasteiger partial charge is 0.387 e. The minimum Gasteiger partial charge on any atom is -0.387 e. The molecular weight excluding hydrogens is 270 g/mol. The van der Waals surface area contributed by atoms with Gasteiger partial charge in [-0.05, 0) is 24.0 Å². The number of aliphatic hydroxyl groups excluding tert-OH is 1. The number of aliphatic hydroxyl groups is 1. The summed E-state index contributed by atoms with van der Waals surface area (Å²) in [5.74, 6) is 0.852. The molecule has 0 bridgehead atoms. The van der Waals surface area contributed by atoms with Gasteiger partial charge in [0.2, 0.25) is 0 Å². The lowest BCUT2D eigenvalue weighted by Crippen LogP contribution is -2.10. The standard InChI is InChI=1S/C15H23N3OS/c1-5-8-18-14(16-10-17-18)9-11(19)12-6-7-13(20-12)15(2,3)4/h6-7,10-11,19H,5,8-9H2,1-4H3. The molecule has 2 aromatic rings. The van der Waals surface area contributed by atoms with Crippen LogP contribution in [0.15, 0.2) is 18.5 Å². The van der Waals surface area contributed by atoms with Gasteiger partial charge in [-0.1, -0.05) is 27.7 Å². The lowest BCUT2D eigenvalue weighted by molar-refractivity contribution is 0.177. The van der Waals surface area contributed by atoms with Gasteiger partial charge in [0.1, 0.15) is 12.2 Å². The van der Waals surface area contributed by atoms with E-state index in [2.05, 4.69) is 43.8 Å². The van der Waals surface area contributed by atoms with Crippen molar-refractivity contribution in [3.05, 3.63) is 34.0 Å². The Labute approximate surface area is 124 Å². The molecule has 0 aromatic carbocycles. The quantitative estimate of drug-likeness (QED) is 0.920. The van der Waals surface area contributed by atoms with Crippen LogP contribution in [0, 0.1) is 0 Å². The number of thiophene rings is 1. The molecule has 0 fully saturated rings. The highest BCUT2D eigenvalue weighted by Crippen LogP contribution is 2.33. The molecule has 5 heteroatoms. The second kappa shape index (κ2) is 6.06. The van der Waals surface area contributed by atoms with Crippen molar-refractivity contribution in [1.29, 1.82) is 0 Å². The highest BCUT2D eigenvalue weighted by molar-refractivity contribution is 7.12. The van der Waals surface area contributed by atoms with Gasteiger partial charge in [0.15, 0.2) is 0 Å². The molecule has 20 heavy (non-hydrogen) atoms. The SMILES string of the molecule is CCCn1ncnc1CC(O)c1ccc(C(C)(C)C)s1. The van der Waals surface area contributed by atoms with Crippen molar-refractivity contribution in [2.75, 3.05) is 0 Å². The van der Waals surface area contributed by atoms with E-state index in [1.165, 1.54) is 4.88 Å². The number of aryl methyl sites for hydroxylation is 1. The molecule has 1 atom stereocenters. The zero-order chi connectivity index (χ0) is 14.8. The summed E-state index contributed by atoms with van der Waals surface area (Å²) >= 11 is 1.68. The molecule has 0 radical (unpaired) electrons. The molecule has 1 N–H and O–H groups in total. The normalized spacial score (nSPS) is 13.7. The van der Waals surface area contributed by atoms with Gasteiger partial charge >= 0.3 is 0 Å². The molecule has 4 nitrogen and oxygen atoms in total. The third kappa shape index (κ3) is 3.46. The summed E-state index contributed by atoms with van der Waals surface area (Å²) in [6.07, 6.45) is 2.59. The smallest absolute Gasteiger partial charge is 0.138 e. The predicted molar refractivity (Wildman–Crippen MR) is 82.0 cm³/mol. The third-order valence-corrected chi connectivity index (χ3v) is 4.81. The first-order valence-corrected chi connectivity index (χ1v) is 7.88. The summed E-state index contributed by atoms with van der Waals surface area (Å²) in [4.78, 5) is 6.55. The number of hydrogen-bond donors (Lipinski definition) is 1. The predicted octanol–water partition coefficient (Wildman–Crippen LogP) is 3.32. The van der Waals surface area contributed by atoms with Gasteiger partial charge in [-0.2, -0.15) is 5.10 Å². The summed E-state index contributed by atoms with van der Waals surface area (Å²) in [5, 5.41) is 14.6. The number of aromatic nitrogens is 3. The minimum atomic E-state index is -0.504. The van der Waals surface area contributed by atoms with Crippen LogP contribution in [0.25, 0.3) is 0 Å². The summed E-state index contributed by atoms with van der Waals surface area (Å²) in [7, 11) is 0. The van der Waals surface area contributed by atoms with Gasteiger partial charge in [0, 0.05) is 22.7 Å². The second-order valence-electron chi connectivity index (χ2n) is 6.07. The van der Waals surface area contributed by atoms with Crippen LogP contribution in [0.5, 0.6) is 0 Å². The summed E-state index contributed by atoms with van der Waals surface area (Å²) in [6.45, 7) is 9.52. The first kappa shape index (κ1) is 15.2. The van der Waals surface area contributed by atoms with E-state index in [9.17, 15) is 5.11 Å². The fraction of sp³-hybridized carbons (Fsp3) is 0.600. The number of nitrogens with zero attached hydrogens (tertiary/aromatic N) is 3. The van der Waals surface area contributed by atoms with E-state index in [1.54, 1.807) is 17.7 Å². The fourth-order valence-electron chi connectivity index (χ4n) is 2.05. The molecule has 2 heterocycles. The highest BCUT2D eigenvalue weighted by Gasteiger charge is 2.20. The molecule has 110 valence electrons. The van der Waals surface area contributed by atoms with E-state index < -0.39 is 6.10 Å². The maximum absolute atomic E-state index is 10.4. The molecule has 0 saturated heterocycles. The Morgan fingerprint density at radius 3 is 2.70 bits per heavy atom. The Kier molecular flexibility index (Phi) is 4.60. The Balaban J connectivity index is 2.10. The van der Waals surface area contributed by atoms with Crippen molar-refractivity contribution in [3.8, 4) is 0 Å². The van der Waals surface area contributed by atoms with E-state index in [0.717, 1.165) is 23.7 Å². The molecule has 0 aliphatic heterocycles.